The first-order valence-electron chi connectivity index (χ1n) is 14.0. The first-order chi connectivity index (χ1) is 19.0. The van der Waals surface area contributed by atoms with Gasteiger partial charge in [0, 0.05) is 36.0 Å². The molecule has 1 amide bonds. The normalized spacial score (nSPS) is 18.5. The number of nitrogens with zero attached hydrogens (tertiary/aromatic N) is 2. The van der Waals surface area contributed by atoms with Crippen molar-refractivity contribution >= 4 is 34.9 Å². The van der Waals surface area contributed by atoms with Crippen LogP contribution in [-0.4, -0.2) is 43.1 Å². The zero-order chi connectivity index (χ0) is 28.7. The summed E-state index contributed by atoms with van der Waals surface area (Å²) in [7, 11) is 3.12. The molecular weight excluding hydrogens is 540 g/mol. The predicted octanol–water partition coefficient (Wildman–Crippen LogP) is 8.25. The maximum absolute atomic E-state index is 12.9. The number of rotatable bonds is 6. The van der Waals surface area contributed by atoms with E-state index >= 15 is 0 Å². The lowest BCUT2D eigenvalue weighted by Crippen LogP contribution is -2.36. The fourth-order valence-electron chi connectivity index (χ4n) is 6.00. The monoisotopic (exact) mass is 578 g/mol. The van der Waals surface area contributed by atoms with E-state index in [-0.39, 0.29) is 16.7 Å². The largest absolute Gasteiger partial charge is 0.493 e. The van der Waals surface area contributed by atoms with E-state index in [0.717, 1.165) is 18.5 Å². The number of carbonyl (C=O) groups is 1. The van der Waals surface area contributed by atoms with Gasteiger partial charge < -0.3 is 14.4 Å². The highest BCUT2D eigenvalue weighted by Gasteiger charge is 2.37. The Labute approximate surface area is 247 Å². The molecular formula is C33H39ClN2O3S. The third-order valence-corrected chi connectivity index (χ3v) is 10.1. The molecule has 0 radical (unpaired) electrons. The summed E-state index contributed by atoms with van der Waals surface area (Å²) in [6.07, 6.45) is 7.57. The number of likely N-dealkylation sites (tertiary alicyclic amines) is 1. The van der Waals surface area contributed by atoms with Crippen LogP contribution in [0.15, 0.2) is 41.8 Å². The molecule has 0 atom stereocenters. The zero-order valence-electron chi connectivity index (χ0n) is 24.3. The van der Waals surface area contributed by atoms with E-state index in [1.807, 2.05) is 11.0 Å². The van der Waals surface area contributed by atoms with Gasteiger partial charge in [0.2, 0.25) is 5.91 Å². The Morgan fingerprint density at radius 1 is 1.02 bits per heavy atom. The standard InChI is InChI=1S/C33H39ClN2O3S/c1-32(2)15-16-33(3,4)25-19-23(7-10-24(25)32)26-20-40-31(35-26)22-13-17-36(18-14-22)28(37)12-9-21-8-11-27(38-5)30(39-6)29(21)34/h7-12,19-20,22H,13-18H2,1-6H3/b12-9+. The average Bonchev–Trinajstić information content (AvgIpc) is 3.45. The van der Waals surface area contributed by atoms with Crippen LogP contribution >= 0.6 is 22.9 Å². The summed E-state index contributed by atoms with van der Waals surface area (Å²) < 4.78 is 10.7. The molecule has 3 aromatic rings. The number of piperidine rings is 1. The Bertz CT molecular complexity index is 1430. The molecule has 0 saturated carbocycles. The lowest BCUT2D eigenvalue weighted by Gasteiger charge is -2.42. The number of thiazole rings is 1. The highest BCUT2D eigenvalue weighted by atomic mass is 35.5. The Morgan fingerprint density at radius 2 is 1.73 bits per heavy atom. The van der Waals surface area contributed by atoms with E-state index in [1.54, 1.807) is 43.8 Å². The van der Waals surface area contributed by atoms with Crippen LogP contribution in [0.25, 0.3) is 17.3 Å². The maximum atomic E-state index is 12.9. The zero-order valence-corrected chi connectivity index (χ0v) is 25.9. The van der Waals surface area contributed by atoms with Crippen LogP contribution in [0.3, 0.4) is 0 Å². The highest BCUT2D eigenvalue weighted by Crippen LogP contribution is 2.47. The molecule has 1 aliphatic carbocycles. The predicted molar refractivity (Wildman–Crippen MR) is 165 cm³/mol. The molecule has 1 aliphatic heterocycles. The number of methoxy groups -OCH3 is 2. The summed E-state index contributed by atoms with van der Waals surface area (Å²) in [6.45, 7) is 10.9. The van der Waals surface area contributed by atoms with Crippen molar-refractivity contribution in [2.75, 3.05) is 27.3 Å². The van der Waals surface area contributed by atoms with Crippen LogP contribution < -0.4 is 9.47 Å². The molecule has 2 aromatic carbocycles. The molecule has 5 rings (SSSR count). The molecule has 1 aromatic heterocycles. The summed E-state index contributed by atoms with van der Waals surface area (Å²) in [5.41, 5.74) is 6.32. The van der Waals surface area contributed by atoms with Crippen molar-refractivity contribution in [2.45, 2.75) is 70.1 Å². The summed E-state index contributed by atoms with van der Waals surface area (Å²) in [5.74, 6) is 1.39. The second-order valence-electron chi connectivity index (χ2n) is 12.2. The Morgan fingerprint density at radius 3 is 2.40 bits per heavy atom. The van der Waals surface area contributed by atoms with Crippen molar-refractivity contribution in [1.82, 2.24) is 9.88 Å². The van der Waals surface area contributed by atoms with Gasteiger partial charge in [-0.05, 0) is 77.5 Å². The third kappa shape index (κ3) is 5.53. The van der Waals surface area contributed by atoms with E-state index in [4.69, 9.17) is 26.1 Å². The molecule has 0 unspecified atom stereocenters. The highest BCUT2D eigenvalue weighted by molar-refractivity contribution is 7.10. The first kappa shape index (κ1) is 28.7. The molecule has 2 heterocycles. The van der Waals surface area contributed by atoms with Crippen LogP contribution in [0.2, 0.25) is 5.02 Å². The van der Waals surface area contributed by atoms with E-state index < -0.39 is 0 Å². The van der Waals surface area contributed by atoms with Gasteiger partial charge in [-0.2, -0.15) is 0 Å². The van der Waals surface area contributed by atoms with Gasteiger partial charge in [-0.3, -0.25) is 4.79 Å². The third-order valence-electron chi connectivity index (χ3n) is 8.75. The van der Waals surface area contributed by atoms with Crippen molar-refractivity contribution in [2.24, 2.45) is 0 Å². The number of ether oxygens (including phenoxy) is 2. The number of amides is 1. The van der Waals surface area contributed by atoms with E-state index in [9.17, 15) is 4.79 Å². The summed E-state index contributed by atoms with van der Waals surface area (Å²) in [6, 6.07) is 10.6. The van der Waals surface area contributed by atoms with Crippen LogP contribution in [0.1, 0.15) is 81.0 Å². The Kier molecular flexibility index (Phi) is 8.04. The van der Waals surface area contributed by atoms with Gasteiger partial charge >= 0.3 is 0 Å². The second kappa shape index (κ2) is 11.2. The number of benzene rings is 2. The van der Waals surface area contributed by atoms with Crippen LogP contribution in [0, 0.1) is 0 Å². The van der Waals surface area contributed by atoms with Gasteiger partial charge in [0.25, 0.3) is 0 Å². The van der Waals surface area contributed by atoms with Crippen molar-refractivity contribution < 1.29 is 14.3 Å². The van der Waals surface area contributed by atoms with Gasteiger partial charge in [0.15, 0.2) is 11.5 Å². The van der Waals surface area contributed by atoms with Crippen molar-refractivity contribution in [3.63, 3.8) is 0 Å². The smallest absolute Gasteiger partial charge is 0.246 e. The number of aromatic nitrogens is 1. The number of halogens is 1. The molecule has 0 bridgehead atoms. The quantitative estimate of drug-likeness (QED) is 0.276. The van der Waals surface area contributed by atoms with Gasteiger partial charge in [-0.1, -0.05) is 51.4 Å². The molecule has 7 heteroatoms. The van der Waals surface area contributed by atoms with Gasteiger partial charge in [0.1, 0.15) is 0 Å². The molecule has 1 saturated heterocycles. The van der Waals surface area contributed by atoms with Crippen molar-refractivity contribution in [1.29, 1.82) is 0 Å². The average molecular weight is 579 g/mol. The Hall–Kier alpha value is -2.83. The number of carbonyl (C=O) groups excluding carboxylic acids is 1. The van der Waals surface area contributed by atoms with Crippen LogP contribution in [0.5, 0.6) is 11.5 Å². The van der Waals surface area contributed by atoms with Crippen LogP contribution in [-0.2, 0) is 15.6 Å². The molecule has 5 nitrogen and oxygen atoms in total. The van der Waals surface area contributed by atoms with E-state index in [2.05, 4.69) is 51.3 Å². The molecule has 0 spiro atoms. The summed E-state index contributed by atoms with van der Waals surface area (Å²) >= 11 is 8.22. The lowest BCUT2D eigenvalue weighted by molar-refractivity contribution is -0.126. The fraction of sp³-hybridized carbons (Fsp3) is 0.455. The van der Waals surface area contributed by atoms with E-state index in [0.29, 0.717) is 41.1 Å². The Balaban J connectivity index is 1.24. The SMILES string of the molecule is COc1ccc(/C=C/C(=O)N2CCC(c3nc(-c4ccc5c(c4)C(C)(C)CCC5(C)C)cs3)CC2)c(Cl)c1OC. The fourth-order valence-corrected chi connectivity index (χ4v) is 7.30. The van der Waals surface area contributed by atoms with Gasteiger partial charge in [-0.15, -0.1) is 11.3 Å². The second-order valence-corrected chi connectivity index (χ2v) is 13.5. The van der Waals surface area contributed by atoms with Crippen LogP contribution in [0.4, 0.5) is 0 Å². The molecule has 1 fully saturated rings. The molecule has 40 heavy (non-hydrogen) atoms. The topological polar surface area (TPSA) is 51.7 Å². The minimum Gasteiger partial charge on any atom is -0.493 e. The van der Waals surface area contributed by atoms with Gasteiger partial charge in [-0.25, -0.2) is 4.98 Å². The summed E-state index contributed by atoms with van der Waals surface area (Å²) in [5, 5.41) is 3.80. The molecule has 0 N–H and O–H groups in total. The summed E-state index contributed by atoms with van der Waals surface area (Å²) in [4.78, 5) is 19.9. The first-order valence-corrected chi connectivity index (χ1v) is 15.3. The number of hydrogen-bond acceptors (Lipinski definition) is 5. The minimum atomic E-state index is -0.0104. The molecule has 212 valence electrons. The van der Waals surface area contributed by atoms with Crippen molar-refractivity contribution in [3.05, 3.63) is 68.5 Å². The molecule has 2 aliphatic rings. The van der Waals surface area contributed by atoms with Crippen molar-refractivity contribution in [3.8, 4) is 22.8 Å². The minimum absolute atomic E-state index is 0.0104. The lowest BCUT2D eigenvalue weighted by atomic mass is 9.63. The maximum Gasteiger partial charge on any atom is 0.246 e. The van der Waals surface area contributed by atoms with E-state index in [1.165, 1.54) is 34.5 Å². The number of fused-ring (bicyclic) bond motifs is 1. The number of hydrogen-bond donors (Lipinski definition) is 0. The van der Waals surface area contributed by atoms with Gasteiger partial charge in [0.05, 0.1) is 29.9 Å².